The van der Waals surface area contributed by atoms with E-state index in [-0.39, 0.29) is 6.10 Å². The van der Waals surface area contributed by atoms with Gasteiger partial charge < -0.3 is 9.52 Å². The van der Waals surface area contributed by atoms with Crippen LogP contribution in [0.1, 0.15) is 44.8 Å². The predicted octanol–water partition coefficient (Wildman–Crippen LogP) is 3.14. The Hall–Kier alpha value is -0.760. The monoisotopic (exact) mass is 182 g/mol. The topological polar surface area (TPSA) is 33.4 Å². The number of hydrogen-bond donors (Lipinski definition) is 1. The number of aliphatic hydroxyl groups excluding tert-OH is 1. The van der Waals surface area contributed by atoms with Crippen molar-refractivity contribution < 1.29 is 9.52 Å². The van der Waals surface area contributed by atoms with Crippen LogP contribution in [0.5, 0.6) is 0 Å². The lowest BCUT2D eigenvalue weighted by Gasteiger charge is -2.14. The summed E-state index contributed by atoms with van der Waals surface area (Å²) in [5, 5.41) is 9.75. The Kier molecular flexibility index (Phi) is 4.03. The first kappa shape index (κ1) is 10.3. The minimum atomic E-state index is -0.361. The summed E-state index contributed by atoms with van der Waals surface area (Å²) in [6, 6.07) is 1.82. The molecule has 0 aliphatic rings. The Morgan fingerprint density at radius 3 is 2.85 bits per heavy atom. The van der Waals surface area contributed by atoms with E-state index in [0.717, 1.165) is 12.0 Å². The normalized spacial score (nSPS) is 15.6. The highest BCUT2D eigenvalue weighted by atomic mass is 16.3. The van der Waals surface area contributed by atoms with Crippen LogP contribution in [-0.4, -0.2) is 5.11 Å². The molecule has 0 aromatic carbocycles. The maximum absolute atomic E-state index is 9.75. The first-order chi connectivity index (χ1) is 6.24. The van der Waals surface area contributed by atoms with E-state index in [9.17, 15) is 5.11 Å². The molecule has 1 N–H and O–H groups in total. The Bertz CT molecular complexity index is 216. The molecule has 0 bridgehead atoms. The standard InChI is InChI=1S/C11H18O2/c1-3-4-9(2)7-11(12)10-5-6-13-8-10/h5-6,8-9,11-12H,3-4,7H2,1-2H3. The van der Waals surface area contributed by atoms with E-state index in [2.05, 4.69) is 13.8 Å². The van der Waals surface area contributed by atoms with Crippen LogP contribution >= 0.6 is 0 Å². The van der Waals surface area contributed by atoms with Gasteiger partial charge in [0.15, 0.2) is 0 Å². The number of aliphatic hydroxyl groups is 1. The van der Waals surface area contributed by atoms with Gasteiger partial charge in [0.05, 0.1) is 18.6 Å². The van der Waals surface area contributed by atoms with Crippen molar-refractivity contribution in [3.05, 3.63) is 24.2 Å². The van der Waals surface area contributed by atoms with E-state index in [1.807, 2.05) is 6.07 Å². The van der Waals surface area contributed by atoms with Gasteiger partial charge in [-0.2, -0.15) is 0 Å². The van der Waals surface area contributed by atoms with Crippen molar-refractivity contribution in [1.29, 1.82) is 0 Å². The zero-order valence-corrected chi connectivity index (χ0v) is 8.36. The molecule has 2 nitrogen and oxygen atoms in total. The van der Waals surface area contributed by atoms with E-state index >= 15 is 0 Å². The van der Waals surface area contributed by atoms with E-state index in [1.54, 1.807) is 12.5 Å². The van der Waals surface area contributed by atoms with Crippen LogP contribution in [0, 0.1) is 5.92 Å². The van der Waals surface area contributed by atoms with Gasteiger partial charge in [-0.05, 0) is 18.4 Å². The second kappa shape index (κ2) is 5.07. The highest BCUT2D eigenvalue weighted by molar-refractivity contribution is 5.08. The summed E-state index contributed by atoms with van der Waals surface area (Å²) in [5.74, 6) is 0.579. The first-order valence-corrected chi connectivity index (χ1v) is 4.94. The lowest BCUT2D eigenvalue weighted by Crippen LogP contribution is -2.03. The molecule has 0 fully saturated rings. The Labute approximate surface area is 79.6 Å². The molecular formula is C11H18O2. The van der Waals surface area contributed by atoms with E-state index in [0.29, 0.717) is 5.92 Å². The van der Waals surface area contributed by atoms with Gasteiger partial charge in [-0.25, -0.2) is 0 Å². The van der Waals surface area contributed by atoms with Crippen LogP contribution in [0.4, 0.5) is 0 Å². The van der Waals surface area contributed by atoms with Crippen molar-refractivity contribution in [3.63, 3.8) is 0 Å². The van der Waals surface area contributed by atoms with Gasteiger partial charge in [0.2, 0.25) is 0 Å². The van der Waals surface area contributed by atoms with Gasteiger partial charge >= 0.3 is 0 Å². The molecular weight excluding hydrogens is 164 g/mol. The number of furan rings is 1. The fourth-order valence-electron chi connectivity index (χ4n) is 1.59. The molecule has 0 spiro atoms. The van der Waals surface area contributed by atoms with E-state index < -0.39 is 0 Å². The highest BCUT2D eigenvalue weighted by Gasteiger charge is 2.12. The van der Waals surface area contributed by atoms with Crippen LogP contribution in [0.15, 0.2) is 23.0 Å². The zero-order valence-electron chi connectivity index (χ0n) is 8.36. The highest BCUT2D eigenvalue weighted by Crippen LogP contribution is 2.23. The van der Waals surface area contributed by atoms with Crippen molar-refractivity contribution in [2.75, 3.05) is 0 Å². The van der Waals surface area contributed by atoms with Gasteiger partial charge in [-0.1, -0.05) is 26.7 Å². The molecule has 1 heterocycles. The second-order valence-corrected chi connectivity index (χ2v) is 3.70. The Morgan fingerprint density at radius 2 is 2.31 bits per heavy atom. The van der Waals surface area contributed by atoms with Crippen molar-refractivity contribution in [3.8, 4) is 0 Å². The molecule has 2 heteroatoms. The first-order valence-electron chi connectivity index (χ1n) is 4.94. The SMILES string of the molecule is CCCC(C)CC(O)c1ccoc1. The molecule has 1 aromatic rings. The third-order valence-corrected chi connectivity index (χ3v) is 2.34. The Balaban J connectivity index is 2.37. The molecule has 13 heavy (non-hydrogen) atoms. The summed E-state index contributed by atoms with van der Waals surface area (Å²) in [6.45, 7) is 4.34. The van der Waals surface area contributed by atoms with Gasteiger partial charge in [0, 0.05) is 5.56 Å². The summed E-state index contributed by atoms with van der Waals surface area (Å²) in [5.41, 5.74) is 0.892. The van der Waals surface area contributed by atoms with Crippen LogP contribution in [0.25, 0.3) is 0 Å². The fraction of sp³-hybridized carbons (Fsp3) is 0.636. The van der Waals surface area contributed by atoms with Gasteiger partial charge in [-0.15, -0.1) is 0 Å². The smallest absolute Gasteiger partial charge is 0.0960 e. The van der Waals surface area contributed by atoms with Crippen LogP contribution in [-0.2, 0) is 0 Å². The molecule has 0 amide bonds. The van der Waals surface area contributed by atoms with Crippen molar-refractivity contribution in [2.45, 2.75) is 39.2 Å². The maximum atomic E-state index is 9.75. The predicted molar refractivity (Wildman–Crippen MR) is 52.4 cm³/mol. The average molecular weight is 182 g/mol. The lowest BCUT2D eigenvalue weighted by molar-refractivity contribution is 0.144. The molecule has 0 saturated carbocycles. The number of rotatable bonds is 5. The van der Waals surface area contributed by atoms with E-state index in [4.69, 9.17) is 4.42 Å². The molecule has 1 rings (SSSR count). The zero-order chi connectivity index (χ0) is 9.68. The van der Waals surface area contributed by atoms with Crippen molar-refractivity contribution >= 4 is 0 Å². The summed E-state index contributed by atoms with van der Waals surface area (Å²) >= 11 is 0. The third-order valence-electron chi connectivity index (χ3n) is 2.34. The molecule has 2 unspecified atom stereocenters. The fourth-order valence-corrected chi connectivity index (χ4v) is 1.59. The quantitative estimate of drug-likeness (QED) is 0.758. The summed E-state index contributed by atoms with van der Waals surface area (Å²) in [4.78, 5) is 0. The lowest BCUT2D eigenvalue weighted by atomic mass is 9.96. The Morgan fingerprint density at radius 1 is 1.54 bits per heavy atom. The van der Waals surface area contributed by atoms with Crippen LogP contribution in [0.3, 0.4) is 0 Å². The molecule has 1 aromatic heterocycles. The molecule has 0 aliphatic heterocycles. The molecule has 74 valence electrons. The molecule has 2 atom stereocenters. The van der Waals surface area contributed by atoms with Crippen LogP contribution in [0.2, 0.25) is 0 Å². The summed E-state index contributed by atoms with van der Waals surface area (Å²) in [7, 11) is 0. The minimum absolute atomic E-state index is 0.361. The minimum Gasteiger partial charge on any atom is -0.472 e. The van der Waals surface area contributed by atoms with E-state index in [1.165, 1.54) is 12.8 Å². The summed E-state index contributed by atoms with van der Waals surface area (Å²) < 4.78 is 4.92. The van der Waals surface area contributed by atoms with Gasteiger partial charge in [0.25, 0.3) is 0 Å². The maximum Gasteiger partial charge on any atom is 0.0960 e. The van der Waals surface area contributed by atoms with Crippen LogP contribution < -0.4 is 0 Å². The average Bonchev–Trinajstić information content (AvgIpc) is 2.55. The molecule has 0 radical (unpaired) electrons. The molecule has 0 aliphatic carbocycles. The van der Waals surface area contributed by atoms with Gasteiger partial charge in [-0.3, -0.25) is 0 Å². The van der Waals surface area contributed by atoms with Crippen molar-refractivity contribution in [2.24, 2.45) is 5.92 Å². The largest absolute Gasteiger partial charge is 0.472 e. The van der Waals surface area contributed by atoms with Gasteiger partial charge in [0.1, 0.15) is 0 Å². The third kappa shape index (κ3) is 3.23. The summed E-state index contributed by atoms with van der Waals surface area (Å²) in [6.07, 6.45) is 6.04. The second-order valence-electron chi connectivity index (χ2n) is 3.70. The number of hydrogen-bond acceptors (Lipinski definition) is 2. The van der Waals surface area contributed by atoms with Crippen molar-refractivity contribution in [1.82, 2.24) is 0 Å². The molecule has 0 saturated heterocycles.